The number of hydrogen-bond donors (Lipinski definition) is 0. The SMILES string of the molecule is C=CCOCCCCCCCCCCCCCCCCCCCCCCCCCCCC. The fourth-order valence-corrected chi connectivity index (χ4v) is 4.69. The molecule has 0 atom stereocenters. The first kappa shape index (κ1) is 31.7. The fourth-order valence-electron chi connectivity index (χ4n) is 4.69. The maximum Gasteiger partial charge on any atom is 0.0644 e. The topological polar surface area (TPSA) is 9.23 Å². The van der Waals surface area contributed by atoms with Crippen LogP contribution < -0.4 is 0 Å². The molecule has 0 bridgehead atoms. The predicted octanol–water partition coefficient (Wildman–Crippen LogP) is 11.4. The fraction of sp³-hybridized carbons (Fsp3) is 0.935. The van der Waals surface area contributed by atoms with Gasteiger partial charge in [-0.2, -0.15) is 0 Å². The third kappa shape index (κ3) is 29.7. The molecule has 1 heteroatoms. The van der Waals surface area contributed by atoms with Crippen molar-refractivity contribution in [3.8, 4) is 0 Å². The van der Waals surface area contributed by atoms with E-state index in [1.165, 1.54) is 167 Å². The Bertz CT molecular complexity index is 324. The molecule has 0 aliphatic rings. The number of hydrogen-bond acceptors (Lipinski definition) is 1. The van der Waals surface area contributed by atoms with Gasteiger partial charge >= 0.3 is 0 Å². The summed E-state index contributed by atoms with van der Waals surface area (Å²) in [6, 6.07) is 0. The molecule has 0 fully saturated rings. The van der Waals surface area contributed by atoms with Gasteiger partial charge in [0, 0.05) is 6.61 Å². The van der Waals surface area contributed by atoms with E-state index in [1.807, 2.05) is 6.08 Å². The van der Waals surface area contributed by atoms with Gasteiger partial charge in [-0.3, -0.25) is 0 Å². The Labute approximate surface area is 204 Å². The normalized spacial score (nSPS) is 11.3. The molecule has 0 amide bonds. The van der Waals surface area contributed by atoms with Gasteiger partial charge in [0.05, 0.1) is 6.61 Å². The highest BCUT2D eigenvalue weighted by atomic mass is 16.5. The van der Waals surface area contributed by atoms with E-state index in [2.05, 4.69) is 13.5 Å². The van der Waals surface area contributed by atoms with E-state index in [0.29, 0.717) is 6.61 Å². The molecule has 0 aromatic rings. The van der Waals surface area contributed by atoms with Crippen LogP contribution in [0.2, 0.25) is 0 Å². The van der Waals surface area contributed by atoms with Gasteiger partial charge < -0.3 is 4.74 Å². The standard InChI is InChI=1S/C31H62O/c1-3-5-6-7-8-9-10-11-12-13-14-15-16-17-18-19-20-21-22-23-24-25-26-27-28-29-31-32-30-4-2/h4H,2-3,5-31H2,1H3. The van der Waals surface area contributed by atoms with Crippen molar-refractivity contribution in [3.05, 3.63) is 12.7 Å². The average molecular weight is 451 g/mol. The lowest BCUT2D eigenvalue weighted by Gasteiger charge is -2.04. The van der Waals surface area contributed by atoms with Gasteiger partial charge in [0.1, 0.15) is 0 Å². The Kier molecular flexibility index (Phi) is 30.4. The zero-order valence-corrected chi connectivity index (χ0v) is 22.5. The molecule has 32 heavy (non-hydrogen) atoms. The molecule has 1 nitrogen and oxygen atoms in total. The molecule has 0 N–H and O–H groups in total. The third-order valence-corrected chi connectivity index (χ3v) is 6.88. The summed E-state index contributed by atoms with van der Waals surface area (Å²) in [7, 11) is 0. The first-order chi connectivity index (χ1) is 15.9. The second-order valence-electron chi connectivity index (χ2n) is 10.2. The first-order valence-corrected chi connectivity index (χ1v) is 15.1. The zero-order chi connectivity index (χ0) is 23.2. The second-order valence-corrected chi connectivity index (χ2v) is 10.2. The molecular formula is C31H62O. The largest absolute Gasteiger partial charge is 0.377 e. The minimum atomic E-state index is 0.708. The van der Waals surface area contributed by atoms with Gasteiger partial charge in [0.25, 0.3) is 0 Å². The van der Waals surface area contributed by atoms with E-state index in [0.717, 1.165) is 6.61 Å². The highest BCUT2D eigenvalue weighted by Crippen LogP contribution is 2.15. The molecule has 0 unspecified atom stereocenters. The van der Waals surface area contributed by atoms with Gasteiger partial charge in [-0.25, -0.2) is 0 Å². The van der Waals surface area contributed by atoms with Crippen LogP contribution >= 0.6 is 0 Å². The molecule has 0 aliphatic heterocycles. The van der Waals surface area contributed by atoms with E-state index in [9.17, 15) is 0 Å². The van der Waals surface area contributed by atoms with Crippen LogP contribution in [0.25, 0.3) is 0 Å². The quantitative estimate of drug-likeness (QED) is 0.0813. The van der Waals surface area contributed by atoms with Crippen molar-refractivity contribution in [1.82, 2.24) is 0 Å². The van der Waals surface area contributed by atoms with Gasteiger partial charge in [0.2, 0.25) is 0 Å². The first-order valence-electron chi connectivity index (χ1n) is 15.1. The van der Waals surface area contributed by atoms with E-state index in [-0.39, 0.29) is 0 Å². The van der Waals surface area contributed by atoms with Crippen molar-refractivity contribution in [2.24, 2.45) is 0 Å². The maximum atomic E-state index is 5.42. The number of unbranched alkanes of at least 4 members (excludes halogenated alkanes) is 25. The van der Waals surface area contributed by atoms with E-state index in [1.54, 1.807) is 0 Å². The van der Waals surface area contributed by atoms with Crippen LogP contribution in [0, 0.1) is 0 Å². The molecule has 0 heterocycles. The van der Waals surface area contributed by atoms with Crippen LogP contribution in [0.4, 0.5) is 0 Å². The third-order valence-electron chi connectivity index (χ3n) is 6.88. The highest BCUT2D eigenvalue weighted by Gasteiger charge is 1.96. The Morgan fingerprint density at radius 1 is 0.406 bits per heavy atom. The molecule has 0 saturated carbocycles. The summed E-state index contributed by atoms with van der Waals surface area (Å²) in [5, 5.41) is 0. The van der Waals surface area contributed by atoms with Gasteiger partial charge in [-0.15, -0.1) is 6.58 Å². The molecule has 0 saturated heterocycles. The molecule has 0 radical (unpaired) electrons. The van der Waals surface area contributed by atoms with Crippen LogP contribution in [-0.4, -0.2) is 13.2 Å². The number of rotatable bonds is 29. The Balaban J connectivity index is 2.99. The molecule has 192 valence electrons. The summed E-state index contributed by atoms with van der Waals surface area (Å²) in [4.78, 5) is 0. The van der Waals surface area contributed by atoms with Crippen molar-refractivity contribution in [2.75, 3.05) is 13.2 Å². The lowest BCUT2D eigenvalue weighted by molar-refractivity contribution is 0.157. The summed E-state index contributed by atoms with van der Waals surface area (Å²) in [5.41, 5.74) is 0. The van der Waals surface area contributed by atoms with Crippen molar-refractivity contribution < 1.29 is 4.74 Å². The zero-order valence-electron chi connectivity index (χ0n) is 22.5. The predicted molar refractivity (Wildman–Crippen MR) is 147 cm³/mol. The summed E-state index contributed by atoms with van der Waals surface area (Å²) in [5.74, 6) is 0. The van der Waals surface area contributed by atoms with E-state index >= 15 is 0 Å². The van der Waals surface area contributed by atoms with Crippen LogP contribution in [-0.2, 0) is 4.74 Å². The minimum Gasteiger partial charge on any atom is -0.377 e. The molecule has 0 aromatic carbocycles. The van der Waals surface area contributed by atoms with Crippen LogP contribution in [0.15, 0.2) is 12.7 Å². The molecule has 0 aliphatic carbocycles. The van der Waals surface area contributed by atoms with Gasteiger partial charge in [-0.05, 0) is 6.42 Å². The maximum absolute atomic E-state index is 5.42. The van der Waals surface area contributed by atoms with Crippen molar-refractivity contribution >= 4 is 0 Å². The van der Waals surface area contributed by atoms with Gasteiger partial charge in [-0.1, -0.05) is 174 Å². The average Bonchev–Trinajstić information content (AvgIpc) is 2.81. The summed E-state index contributed by atoms with van der Waals surface area (Å²) in [6.07, 6.45) is 39.5. The van der Waals surface area contributed by atoms with Crippen LogP contribution in [0.5, 0.6) is 0 Å². The molecular weight excluding hydrogens is 388 g/mol. The van der Waals surface area contributed by atoms with E-state index in [4.69, 9.17) is 4.74 Å². The van der Waals surface area contributed by atoms with Crippen molar-refractivity contribution in [2.45, 2.75) is 174 Å². The Hall–Kier alpha value is -0.300. The van der Waals surface area contributed by atoms with Crippen LogP contribution in [0.3, 0.4) is 0 Å². The highest BCUT2D eigenvalue weighted by molar-refractivity contribution is 4.63. The monoisotopic (exact) mass is 450 g/mol. The molecule has 0 aromatic heterocycles. The summed E-state index contributed by atoms with van der Waals surface area (Å²) in [6.45, 7) is 7.59. The second kappa shape index (κ2) is 30.7. The molecule has 0 rings (SSSR count). The minimum absolute atomic E-state index is 0.708. The molecule has 0 spiro atoms. The van der Waals surface area contributed by atoms with Gasteiger partial charge in [0.15, 0.2) is 0 Å². The Morgan fingerprint density at radius 2 is 0.656 bits per heavy atom. The lowest BCUT2D eigenvalue weighted by Crippen LogP contribution is -1.93. The van der Waals surface area contributed by atoms with Crippen LogP contribution in [0.1, 0.15) is 174 Å². The van der Waals surface area contributed by atoms with Crippen molar-refractivity contribution in [3.63, 3.8) is 0 Å². The number of ether oxygens (including phenoxy) is 1. The summed E-state index contributed by atoms with van der Waals surface area (Å²) >= 11 is 0. The lowest BCUT2D eigenvalue weighted by atomic mass is 10.0. The smallest absolute Gasteiger partial charge is 0.0644 e. The van der Waals surface area contributed by atoms with E-state index < -0.39 is 0 Å². The Morgan fingerprint density at radius 3 is 0.906 bits per heavy atom. The summed E-state index contributed by atoms with van der Waals surface area (Å²) < 4.78 is 5.42. The van der Waals surface area contributed by atoms with Crippen molar-refractivity contribution in [1.29, 1.82) is 0 Å².